The van der Waals surface area contributed by atoms with E-state index in [1.54, 1.807) is 32.9 Å². The molecular formula is C13H20N2O3S. The van der Waals surface area contributed by atoms with Crippen LogP contribution in [0.2, 0.25) is 0 Å². The third-order valence-electron chi connectivity index (χ3n) is 2.81. The number of carbonyl (C=O) groups is 1. The van der Waals surface area contributed by atoms with Crippen LogP contribution in [0.25, 0.3) is 0 Å². The zero-order valence-electron chi connectivity index (χ0n) is 11.6. The monoisotopic (exact) mass is 284 g/mol. The number of hydrogen-bond donors (Lipinski definition) is 2. The van der Waals surface area contributed by atoms with Crippen molar-refractivity contribution in [1.29, 1.82) is 0 Å². The van der Waals surface area contributed by atoms with E-state index in [-0.39, 0.29) is 10.8 Å². The Bertz CT molecular complexity index is 592. The van der Waals surface area contributed by atoms with E-state index in [9.17, 15) is 13.2 Å². The highest BCUT2D eigenvalue weighted by Crippen LogP contribution is 2.17. The molecule has 5 nitrogen and oxygen atoms in total. The van der Waals surface area contributed by atoms with Gasteiger partial charge in [-0.3, -0.25) is 4.79 Å². The third kappa shape index (κ3) is 4.04. The number of sulfone groups is 1. The lowest BCUT2D eigenvalue weighted by Gasteiger charge is -2.24. The van der Waals surface area contributed by atoms with Gasteiger partial charge in [0.05, 0.1) is 4.90 Å². The zero-order chi connectivity index (χ0) is 14.8. The Morgan fingerprint density at radius 2 is 1.95 bits per heavy atom. The predicted molar refractivity (Wildman–Crippen MR) is 74.9 cm³/mol. The molecule has 0 radical (unpaired) electrons. The van der Waals surface area contributed by atoms with E-state index in [0.717, 1.165) is 6.26 Å². The number of rotatable bonds is 4. The molecular weight excluding hydrogens is 264 g/mol. The maximum atomic E-state index is 12.0. The van der Waals surface area contributed by atoms with Crippen LogP contribution in [0.15, 0.2) is 23.1 Å². The molecule has 0 fully saturated rings. The molecule has 0 spiro atoms. The molecule has 6 heteroatoms. The predicted octanol–water partition coefficient (Wildman–Crippen LogP) is 0.866. The van der Waals surface area contributed by atoms with E-state index in [4.69, 9.17) is 5.73 Å². The number of aryl methyl sites for hydroxylation is 1. The summed E-state index contributed by atoms with van der Waals surface area (Å²) in [6.07, 6.45) is 1.13. The molecule has 1 amide bonds. The number of hydrogen-bond acceptors (Lipinski definition) is 4. The molecule has 0 heterocycles. The summed E-state index contributed by atoms with van der Waals surface area (Å²) in [4.78, 5) is 12.2. The Morgan fingerprint density at radius 3 is 2.42 bits per heavy atom. The van der Waals surface area contributed by atoms with Crippen molar-refractivity contribution in [3.05, 3.63) is 29.3 Å². The first-order chi connectivity index (χ1) is 8.57. The summed E-state index contributed by atoms with van der Waals surface area (Å²) in [6.45, 7) is 5.60. The maximum absolute atomic E-state index is 12.0. The highest BCUT2D eigenvalue weighted by molar-refractivity contribution is 7.90. The van der Waals surface area contributed by atoms with Gasteiger partial charge in [0, 0.05) is 23.9 Å². The fourth-order valence-corrected chi connectivity index (χ4v) is 2.57. The molecule has 0 saturated heterocycles. The molecule has 0 aliphatic rings. The highest BCUT2D eigenvalue weighted by atomic mass is 32.2. The van der Waals surface area contributed by atoms with E-state index < -0.39 is 15.4 Å². The van der Waals surface area contributed by atoms with Crippen LogP contribution in [0, 0.1) is 6.92 Å². The zero-order valence-corrected chi connectivity index (χ0v) is 12.5. The molecule has 0 saturated carbocycles. The minimum absolute atomic E-state index is 0.172. The van der Waals surface area contributed by atoms with Crippen molar-refractivity contribution in [2.45, 2.75) is 31.2 Å². The molecule has 0 aromatic heterocycles. The molecule has 3 N–H and O–H groups in total. The lowest BCUT2D eigenvalue weighted by atomic mass is 10.0. The van der Waals surface area contributed by atoms with Crippen LogP contribution in [-0.2, 0) is 9.84 Å². The van der Waals surface area contributed by atoms with Crippen LogP contribution in [-0.4, -0.2) is 32.7 Å². The van der Waals surface area contributed by atoms with Gasteiger partial charge in [-0.25, -0.2) is 8.42 Å². The van der Waals surface area contributed by atoms with Crippen LogP contribution >= 0.6 is 0 Å². The molecule has 1 rings (SSSR count). The average Bonchev–Trinajstić information content (AvgIpc) is 2.27. The molecule has 106 valence electrons. The van der Waals surface area contributed by atoms with Crippen molar-refractivity contribution in [1.82, 2.24) is 5.32 Å². The van der Waals surface area contributed by atoms with Crippen molar-refractivity contribution >= 4 is 15.7 Å². The van der Waals surface area contributed by atoms with E-state index in [2.05, 4.69) is 5.32 Å². The number of benzene rings is 1. The maximum Gasteiger partial charge on any atom is 0.251 e. The van der Waals surface area contributed by atoms with Crippen molar-refractivity contribution in [3.63, 3.8) is 0 Å². The molecule has 0 bridgehead atoms. The second-order valence-corrected chi connectivity index (χ2v) is 7.28. The molecule has 0 aliphatic carbocycles. The number of amides is 1. The Labute approximate surface area is 114 Å². The Hall–Kier alpha value is -1.40. The number of nitrogens with one attached hydrogen (secondary N) is 1. The standard InChI is InChI=1S/C13H20N2O3S/c1-9-5-6-10(7-11(9)19(4,17)18)12(16)15-13(2,3)8-14/h5-7H,8,14H2,1-4H3,(H,15,16). The molecule has 0 unspecified atom stereocenters. The van der Waals surface area contributed by atoms with E-state index in [1.165, 1.54) is 6.07 Å². The lowest BCUT2D eigenvalue weighted by molar-refractivity contribution is 0.0915. The van der Waals surface area contributed by atoms with E-state index in [1.807, 2.05) is 0 Å². The Balaban J connectivity index is 3.14. The van der Waals surface area contributed by atoms with Crippen LogP contribution in [0.5, 0.6) is 0 Å². The molecule has 0 aliphatic heterocycles. The van der Waals surface area contributed by atoms with Crippen LogP contribution < -0.4 is 11.1 Å². The van der Waals surface area contributed by atoms with Crippen molar-refractivity contribution in [2.24, 2.45) is 5.73 Å². The number of nitrogens with two attached hydrogens (primary N) is 1. The van der Waals surface area contributed by atoms with Gasteiger partial charge in [0.25, 0.3) is 5.91 Å². The lowest BCUT2D eigenvalue weighted by Crippen LogP contribution is -2.48. The summed E-state index contributed by atoms with van der Waals surface area (Å²) in [5, 5.41) is 2.76. The van der Waals surface area contributed by atoms with Crippen LogP contribution in [0.1, 0.15) is 29.8 Å². The van der Waals surface area contributed by atoms with Crippen LogP contribution in [0.3, 0.4) is 0 Å². The first kappa shape index (κ1) is 15.7. The minimum Gasteiger partial charge on any atom is -0.346 e. The second-order valence-electron chi connectivity index (χ2n) is 5.29. The molecule has 19 heavy (non-hydrogen) atoms. The van der Waals surface area contributed by atoms with Gasteiger partial charge in [-0.05, 0) is 38.5 Å². The van der Waals surface area contributed by atoms with Crippen molar-refractivity contribution in [3.8, 4) is 0 Å². The van der Waals surface area contributed by atoms with Gasteiger partial charge in [0.1, 0.15) is 0 Å². The Morgan fingerprint density at radius 1 is 1.37 bits per heavy atom. The Kier molecular flexibility index (Phi) is 4.37. The van der Waals surface area contributed by atoms with Gasteiger partial charge < -0.3 is 11.1 Å². The van der Waals surface area contributed by atoms with Gasteiger partial charge in [-0.15, -0.1) is 0 Å². The summed E-state index contributed by atoms with van der Waals surface area (Å²) in [5.41, 5.74) is 5.95. The van der Waals surface area contributed by atoms with Gasteiger partial charge in [-0.1, -0.05) is 6.07 Å². The molecule has 1 aromatic rings. The molecule has 0 atom stereocenters. The van der Waals surface area contributed by atoms with Crippen molar-refractivity contribution in [2.75, 3.05) is 12.8 Å². The SMILES string of the molecule is Cc1ccc(C(=O)NC(C)(C)CN)cc1S(C)(=O)=O. The fourth-order valence-electron chi connectivity index (χ4n) is 1.57. The summed E-state index contributed by atoms with van der Waals surface area (Å²) in [7, 11) is -3.34. The second kappa shape index (κ2) is 5.30. The van der Waals surface area contributed by atoms with Crippen molar-refractivity contribution < 1.29 is 13.2 Å². The average molecular weight is 284 g/mol. The largest absolute Gasteiger partial charge is 0.346 e. The van der Waals surface area contributed by atoms with Gasteiger partial charge in [0.2, 0.25) is 0 Å². The van der Waals surface area contributed by atoms with Gasteiger partial charge in [0.15, 0.2) is 9.84 Å². The number of carbonyl (C=O) groups excluding carboxylic acids is 1. The van der Waals surface area contributed by atoms with Gasteiger partial charge >= 0.3 is 0 Å². The normalized spacial score (nSPS) is 12.3. The smallest absolute Gasteiger partial charge is 0.251 e. The van der Waals surface area contributed by atoms with E-state index >= 15 is 0 Å². The highest BCUT2D eigenvalue weighted by Gasteiger charge is 2.20. The summed E-state index contributed by atoms with van der Waals surface area (Å²) < 4.78 is 23.2. The van der Waals surface area contributed by atoms with E-state index in [0.29, 0.717) is 17.7 Å². The van der Waals surface area contributed by atoms with Gasteiger partial charge in [-0.2, -0.15) is 0 Å². The minimum atomic E-state index is -3.34. The van der Waals surface area contributed by atoms with Crippen LogP contribution in [0.4, 0.5) is 0 Å². The summed E-state index contributed by atoms with van der Waals surface area (Å²) in [5.74, 6) is -0.333. The third-order valence-corrected chi connectivity index (χ3v) is 4.05. The quantitative estimate of drug-likeness (QED) is 0.858. The first-order valence-corrected chi connectivity index (χ1v) is 7.79. The summed E-state index contributed by atoms with van der Waals surface area (Å²) in [6, 6.07) is 4.62. The summed E-state index contributed by atoms with van der Waals surface area (Å²) >= 11 is 0. The molecule has 1 aromatic carbocycles. The topological polar surface area (TPSA) is 89.3 Å². The first-order valence-electron chi connectivity index (χ1n) is 5.90. The fraction of sp³-hybridized carbons (Fsp3) is 0.462.